The first kappa shape index (κ1) is 40.8. The van der Waals surface area contributed by atoms with Crippen molar-refractivity contribution in [2.45, 2.75) is 0 Å². The molecule has 316 valence electrons. The monoisotopic (exact) mass is 856 g/mol. The Morgan fingerprint density at radius 1 is 0.343 bits per heavy atom. The van der Waals surface area contributed by atoms with E-state index in [4.69, 9.17) is 9.97 Å². The van der Waals surface area contributed by atoms with Crippen molar-refractivity contribution in [1.29, 1.82) is 5.41 Å². The average Bonchev–Trinajstić information content (AvgIpc) is 3.42. The van der Waals surface area contributed by atoms with Crippen molar-refractivity contribution in [3.05, 3.63) is 277 Å². The first-order chi connectivity index (χ1) is 33.1. The summed E-state index contributed by atoms with van der Waals surface area (Å²) in [7, 11) is 0. The summed E-state index contributed by atoms with van der Waals surface area (Å²) in [6, 6.07) is 86.1. The number of rotatable bonds is 10. The zero-order valence-electron chi connectivity index (χ0n) is 36.6. The number of benzene rings is 9. The first-order valence-electron chi connectivity index (χ1n) is 22.6. The van der Waals surface area contributed by atoms with E-state index >= 15 is 0 Å². The minimum atomic E-state index is 0.457. The molecule has 0 amide bonds. The second-order valence-electron chi connectivity index (χ2n) is 16.6. The van der Waals surface area contributed by atoms with Gasteiger partial charge >= 0.3 is 0 Å². The Bertz CT molecular complexity index is 3320. The topological polar surface area (TPSA) is 61.7 Å². The van der Waals surface area contributed by atoms with Crippen LogP contribution in [0.1, 0.15) is 27.8 Å². The quantitative estimate of drug-likeness (QED) is 0.135. The van der Waals surface area contributed by atoms with Crippen molar-refractivity contribution < 1.29 is 0 Å². The zero-order valence-corrected chi connectivity index (χ0v) is 36.6. The number of fused-ring (bicyclic) bond motifs is 1. The number of hydrogen-bond acceptors (Lipinski definition) is 4. The van der Waals surface area contributed by atoms with Crippen molar-refractivity contribution in [3.8, 4) is 67.3 Å². The molecule has 0 atom stereocenters. The van der Waals surface area contributed by atoms with Crippen LogP contribution >= 0.6 is 0 Å². The predicted octanol–water partition coefficient (Wildman–Crippen LogP) is 15.5. The van der Waals surface area contributed by atoms with Crippen LogP contribution in [-0.4, -0.2) is 15.7 Å². The van der Waals surface area contributed by atoms with Gasteiger partial charge in [0.15, 0.2) is 5.82 Å². The highest BCUT2D eigenvalue weighted by Gasteiger charge is 2.24. The maximum absolute atomic E-state index is 9.62. The maximum atomic E-state index is 9.62. The molecule has 1 aliphatic heterocycles. The highest BCUT2D eigenvalue weighted by atomic mass is 14.9. The van der Waals surface area contributed by atoms with Gasteiger partial charge in [0, 0.05) is 39.1 Å². The Hall–Kier alpha value is -8.99. The minimum absolute atomic E-state index is 0.457. The Kier molecular flexibility index (Phi) is 11.1. The van der Waals surface area contributed by atoms with Crippen LogP contribution in [0.5, 0.6) is 0 Å². The van der Waals surface area contributed by atoms with E-state index in [1.54, 1.807) is 0 Å². The number of allylic oxidation sites excluding steroid dienone is 1. The van der Waals surface area contributed by atoms with Crippen LogP contribution in [0.4, 0.5) is 0 Å². The van der Waals surface area contributed by atoms with Crippen LogP contribution in [0.25, 0.3) is 90.3 Å². The molecule has 11 rings (SSSR count). The van der Waals surface area contributed by atoms with E-state index in [0.29, 0.717) is 11.5 Å². The molecule has 0 aliphatic carbocycles. The zero-order chi connectivity index (χ0) is 44.9. The molecule has 2 N–H and O–H groups in total. The van der Waals surface area contributed by atoms with Gasteiger partial charge < -0.3 is 5.32 Å². The number of nitrogens with one attached hydrogen (secondary N) is 2. The van der Waals surface area contributed by atoms with Gasteiger partial charge in [-0.2, -0.15) is 0 Å². The smallest absolute Gasteiger partial charge is 0.160 e. The van der Waals surface area contributed by atoms with E-state index in [2.05, 4.69) is 193 Å². The molecule has 0 radical (unpaired) electrons. The summed E-state index contributed by atoms with van der Waals surface area (Å²) in [6.07, 6.45) is 2.23. The fourth-order valence-corrected chi connectivity index (χ4v) is 8.83. The normalized spacial score (nSPS) is 12.6. The summed E-state index contributed by atoms with van der Waals surface area (Å²) in [6.45, 7) is 0. The Morgan fingerprint density at radius 2 is 0.731 bits per heavy atom. The second-order valence-corrected chi connectivity index (χ2v) is 16.6. The molecule has 4 heteroatoms. The standard InChI is InChI=1S/C63H44N4/c64-61(52-24-14-5-15-25-52)60(51-22-12-4-13-23-51)62-56-39-38-54(40-55(56)41-57(65-62)48-20-10-3-11-21-48)47-28-34-50(35-29-47)59-42-58(49-32-26-45(27-33-49)43-16-6-1-7-17-43)66-63(67-59)53-36-30-46(31-37-53)44-18-8-2-9-19-44/h1-42,64-65H/b62-60-,64-61?. The van der Waals surface area contributed by atoms with Crippen LogP contribution in [0.15, 0.2) is 249 Å². The summed E-state index contributed by atoms with van der Waals surface area (Å²) in [4.78, 5) is 10.4. The SMILES string of the molecule is N=C(/C(=C1\NC(c2ccccc2)=Cc2cc(-c3ccc(-c4cc(-c5ccc(-c6ccccc6)cc5)nc(-c5ccc(-c6ccccc6)cc5)n4)cc3)ccc21)c1ccccc1)c1ccccc1. The lowest BCUT2D eigenvalue weighted by Gasteiger charge is -2.26. The molecule has 2 heterocycles. The largest absolute Gasteiger partial charge is 0.354 e. The van der Waals surface area contributed by atoms with Crippen molar-refractivity contribution in [3.63, 3.8) is 0 Å². The molecule has 0 bridgehead atoms. The minimum Gasteiger partial charge on any atom is -0.354 e. The molecule has 1 aliphatic rings. The lowest BCUT2D eigenvalue weighted by Crippen LogP contribution is -2.20. The Morgan fingerprint density at radius 3 is 1.24 bits per heavy atom. The average molecular weight is 857 g/mol. The van der Waals surface area contributed by atoms with Crippen LogP contribution in [0.2, 0.25) is 0 Å². The van der Waals surface area contributed by atoms with Crippen molar-refractivity contribution in [2.75, 3.05) is 0 Å². The van der Waals surface area contributed by atoms with Gasteiger partial charge in [-0.15, -0.1) is 0 Å². The summed E-state index contributed by atoms with van der Waals surface area (Å²) in [5.41, 5.74) is 19.7. The molecule has 4 nitrogen and oxygen atoms in total. The van der Waals surface area contributed by atoms with Crippen LogP contribution in [0, 0.1) is 5.41 Å². The van der Waals surface area contributed by atoms with E-state index in [1.165, 1.54) is 11.1 Å². The van der Waals surface area contributed by atoms with E-state index in [1.807, 2.05) is 66.7 Å². The van der Waals surface area contributed by atoms with E-state index in [0.717, 1.165) is 95.1 Å². The van der Waals surface area contributed by atoms with E-state index in [-0.39, 0.29) is 0 Å². The first-order valence-corrected chi connectivity index (χ1v) is 22.6. The third-order valence-corrected chi connectivity index (χ3v) is 12.4. The lowest BCUT2D eigenvalue weighted by atomic mass is 9.87. The molecule has 1 aromatic heterocycles. The molecule has 0 spiro atoms. The fraction of sp³-hybridized carbons (Fsp3) is 0. The molecule has 67 heavy (non-hydrogen) atoms. The molecule has 0 saturated carbocycles. The van der Waals surface area contributed by atoms with Gasteiger partial charge in [0.1, 0.15) is 0 Å². The van der Waals surface area contributed by atoms with Gasteiger partial charge in [0.2, 0.25) is 0 Å². The predicted molar refractivity (Wildman–Crippen MR) is 279 cm³/mol. The van der Waals surface area contributed by atoms with Crippen molar-refractivity contribution in [2.24, 2.45) is 0 Å². The molecule has 0 fully saturated rings. The number of aromatic nitrogens is 2. The highest BCUT2D eigenvalue weighted by Crippen LogP contribution is 2.39. The van der Waals surface area contributed by atoms with Crippen LogP contribution in [0.3, 0.4) is 0 Å². The third-order valence-electron chi connectivity index (χ3n) is 12.4. The van der Waals surface area contributed by atoms with Gasteiger partial charge in [0.05, 0.1) is 22.8 Å². The Balaban J connectivity index is 0.981. The summed E-state index contributed by atoms with van der Waals surface area (Å²) < 4.78 is 0. The Labute approximate surface area is 391 Å². The molecule has 0 saturated heterocycles. The van der Waals surface area contributed by atoms with Gasteiger partial charge in [-0.3, -0.25) is 5.41 Å². The molecule has 10 aromatic rings. The van der Waals surface area contributed by atoms with Gasteiger partial charge in [0.25, 0.3) is 0 Å². The van der Waals surface area contributed by atoms with Gasteiger partial charge in [-0.05, 0) is 68.3 Å². The molecular weight excluding hydrogens is 813 g/mol. The van der Waals surface area contributed by atoms with Crippen LogP contribution < -0.4 is 5.32 Å². The molecular formula is C63H44N4. The second kappa shape index (κ2) is 18.2. The van der Waals surface area contributed by atoms with Gasteiger partial charge in [-0.1, -0.05) is 237 Å². The maximum Gasteiger partial charge on any atom is 0.160 e. The lowest BCUT2D eigenvalue weighted by molar-refractivity contribution is 1.18. The number of hydrogen-bond donors (Lipinski definition) is 2. The highest BCUT2D eigenvalue weighted by molar-refractivity contribution is 6.36. The number of nitrogens with zero attached hydrogens (tertiary/aromatic N) is 2. The van der Waals surface area contributed by atoms with Crippen molar-refractivity contribution >= 4 is 28.8 Å². The third kappa shape index (κ3) is 8.55. The summed E-state index contributed by atoms with van der Waals surface area (Å²) >= 11 is 0. The summed E-state index contributed by atoms with van der Waals surface area (Å²) in [5, 5.41) is 13.4. The van der Waals surface area contributed by atoms with Crippen LogP contribution in [-0.2, 0) is 0 Å². The summed E-state index contributed by atoms with van der Waals surface area (Å²) in [5.74, 6) is 0.673. The van der Waals surface area contributed by atoms with Crippen molar-refractivity contribution in [1.82, 2.24) is 15.3 Å². The van der Waals surface area contributed by atoms with Gasteiger partial charge in [-0.25, -0.2) is 9.97 Å². The van der Waals surface area contributed by atoms with E-state index in [9.17, 15) is 5.41 Å². The van der Waals surface area contributed by atoms with E-state index < -0.39 is 0 Å². The molecule has 9 aromatic carbocycles. The fourth-order valence-electron chi connectivity index (χ4n) is 8.83. The molecule has 0 unspecified atom stereocenters.